The van der Waals surface area contributed by atoms with Crippen LogP contribution in [0.1, 0.15) is 40.0 Å². The maximum Gasteiger partial charge on any atom is 0.273 e. The Hall–Kier alpha value is -1.78. The average molecular weight is 279 g/mol. The molecule has 0 unspecified atom stereocenters. The molecule has 0 heterocycles. The van der Waals surface area contributed by atoms with Crippen LogP contribution >= 0.6 is 0 Å². The molecule has 0 aliphatic carbocycles. The summed E-state index contributed by atoms with van der Waals surface area (Å²) < 4.78 is 0. The number of nitrogens with zero attached hydrogens (tertiary/aromatic N) is 1. The molecule has 0 saturated heterocycles. The number of nitrogens with one attached hydrogen (secondary N) is 2. The lowest BCUT2D eigenvalue weighted by Crippen LogP contribution is -2.13. The molecule has 0 amide bonds. The number of nitro groups is 1. The van der Waals surface area contributed by atoms with Crippen LogP contribution in [0, 0.1) is 16.0 Å². The fourth-order valence-corrected chi connectivity index (χ4v) is 2.03. The lowest BCUT2D eigenvalue weighted by molar-refractivity contribution is -0.384. The molecule has 2 N–H and O–H groups in total. The van der Waals surface area contributed by atoms with Gasteiger partial charge in [-0.1, -0.05) is 33.6 Å². The minimum Gasteiger partial charge on any atom is -0.385 e. The van der Waals surface area contributed by atoms with E-state index >= 15 is 0 Å². The summed E-state index contributed by atoms with van der Waals surface area (Å²) in [7, 11) is 0. The quantitative estimate of drug-likeness (QED) is 0.523. The Morgan fingerprint density at radius 2 is 1.70 bits per heavy atom. The molecule has 5 nitrogen and oxygen atoms in total. The van der Waals surface area contributed by atoms with Gasteiger partial charge in [-0.15, -0.1) is 0 Å². The van der Waals surface area contributed by atoms with Crippen LogP contribution in [0.5, 0.6) is 0 Å². The molecule has 1 rings (SSSR count). The molecule has 0 aliphatic heterocycles. The molecule has 1 aromatic rings. The van der Waals surface area contributed by atoms with Crippen LogP contribution in [0.3, 0.4) is 0 Å². The van der Waals surface area contributed by atoms with Crippen LogP contribution in [0.15, 0.2) is 18.2 Å². The number of rotatable bonds is 9. The number of benzene rings is 1. The van der Waals surface area contributed by atoms with Crippen LogP contribution in [0.4, 0.5) is 17.1 Å². The maximum atomic E-state index is 11.0. The van der Waals surface area contributed by atoms with Gasteiger partial charge in [0.1, 0.15) is 0 Å². The van der Waals surface area contributed by atoms with Gasteiger partial charge < -0.3 is 10.6 Å². The van der Waals surface area contributed by atoms with Crippen LogP contribution < -0.4 is 10.6 Å². The Bertz CT molecular complexity index is 431. The smallest absolute Gasteiger partial charge is 0.273 e. The molecule has 20 heavy (non-hydrogen) atoms. The Labute approximate surface area is 120 Å². The van der Waals surface area contributed by atoms with Crippen LogP contribution in [-0.4, -0.2) is 18.0 Å². The molecular weight excluding hydrogens is 254 g/mol. The van der Waals surface area contributed by atoms with Gasteiger partial charge >= 0.3 is 0 Å². The monoisotopic (exact) mass is 279 g/mol. The second-order valence-corrected chi connectivity index (χ2v) is 5.02. The van der Waals surface area contributed by atoms with Crippen molar-refractivity contribution >= 4 is 17.1 Å². The van der Waals surface area contributed by atoms with Gasteiger partial charge in [-0.25, -0.2) is 0 Å². The molecule has 0 spiro atoms. The third-order valence-electron chi connectivity index (χ3n) is 3.46. The van der Waals surface area contributed by atoms with Gasteiger partial charge in [0.15, 0.2) is 0 Å². The largest absolute Gasteiger partial charge is 0.385 e. The number of hydrogen-bond donors (Lipinski definition) is 2. The van der Waals surface area contributed by atoms with Crippen molar-refractivity contribution in [2.75, 3.05) is 23.7 Å². The average Bonchev–Trinajstić information content (AvgIpc) is 2.46. The van der Waals surface area contributed by atoms with Crippen molar-refractivity contribution in [3.63, 3.8) is 0 Å². The zero-order valence-electron chi connectivity index (χ0n) is 12.6. The Morgan fingerprint density at radius 1 is 1.10 bits per heavy atom. The third kappa shape index (κ3) is 5.07. The fourth-order valence-electron chi connectivity index (χ4n) is 2.03. The standard InChI is InChI=1S/C15H25N3O2/c1-4-7-16-13-8-14(10-15(9-13)18(19)20)17-11-12(5-2)6-3/h8-10,12,16-17H,4-7,11H2,1-3H3. The minimum atomic E-state index is -0.348. The summed E-state index contributed by atoms with van der Waals surface area (Å²) in [5.41, 5.74) is 1.73. The van der Waals surface area contributed by atoms with E-state index < -0.39 is 0 Å². The minimum absolute atomic E-state index is 0.123. The highest BCUT2D eigenvalue weighted by atomic mass is 16.6. The maximum absolute atomic E-state index is 11.0. The molecule has 0 bridgehead atoms. The highest BCUT2D eigenvalue weighted by Gasteiger charge is 2.10. The molecule has 0 radical (unpaired) electrons. The van der Waals surface area contributed by atoms with Crippen molar-refractivity contribution in [2.24, 2.45) is 5.92 Å². The van der Waals surface area contributed by atoms with Gasteiger partial charge in [-0.2, -0.15) is 0 Å². The summed E-state index contributed by atoms with van der Waals surface area (Å²) in [6.07, 6.45) is 3.21. The van der Waals surface area contributed by atoms with Gasteiger partial charge in [0, 0.05) is 36.6 Å². The summed E-state index contributed by atoms with van der Waals surface area (Å²) in [5.74, 6) is 0.598. The Balaban J connectivity index is 2.82. The SMILES string of the molecule is CCCNc1cc(NCC(CC)CC)cc([N+](=O)[O-])c1. The zero-order chi connectivity index (χ0) is 15.0. The molecule has 0 saturated carbocycles. The number of non-ortho nitro benzene ring substituents is 1. The first kappa shape index (κ1) is 16.3. The van der Waals surface area contributed by atoms with E-state index in [1.807, 2.05) is 6.07 Å². The van der Waals surface area contributed by atoms with Crippen LogP contribution in [0.25, 0.3) is 0 Å². The van der Waals surface area contributed by atoms with Gasteiger partial charge in [0.2, 0.25) is 0 Å². The lowest BCUT2D eigenvalue weighted by Gasteiger charge is -2.15. The summed E-state index contributed by atoms with van der Waals surface area (Å²) in [6, 6.07) is 5.11. The molecule has 1 aromatic carbocycles. The first-order valence-electron chi connectivity index (χ1n) is 7.37. The van der Waals surface area contributed by atoms with E-state index in [0.717, 1.165) is 43.7 Å². The van der Waals surface area contributed by atoms with Gasteiger partial charge in [-0.3, -0.25) is 10.1 Å². The van der Waals surface area contributed by atoms with E-state index in [1.165, 1.54) is 0 Å². The fraction of sp³-hybridized carbons (Fsp3) is 0.600. The second kappa shape index (κ2) is 8.40. The Morgan fingerprint density at radius 3 is 2.20 bits per heavy atom. The topological polar surface area (TPSA) is 67.2 Å². The predicted octanol–water partition coefficient (Wildman–Crippen LogP) is 4.26. The highest BCUT2D eigenvalue weighted by Crippen LogP contribution is 2.25. The van der Waals surface area contributed by atoms with Gasteiger partial charge in [-0.05, 0) is 18.4 Å². The van der Waals surface area contributed by atoms with Crippen molar-refractivity contribution in [3.05, 3.63) is 28.3 Å². The summed E-state index contributed by atoms with van der Waals surface area (Å²) in [6.45, 7) is 8.06. The molecule has 5 heteroatoms. The van der Waals surface area contributed by atoms with Gasteiger partial charge in [0.05, 0.1) is 4.92 Å². The molecule has 0 atom stereocenters. The first-order chi connectivity index (χ1) is 9.60. The van der Waals surface area contributed by atoms with Crippen molar-refractivity contribution in [1.29, 1.82) is 0 Å². The number of anilines is 2. The van der Waals surface area contributed by atoms with Crippen LogP contribution in [-0.2, 0) is 0 Å². The summed E-state index contributed by atoms with van der Waals surface area (Å²) in [5, 5.41) is 17.5. The second-order valence-electron chi connectivity index (χ2n) is 5.02. The molecule has 0 aromatic heterocycles. The normalized spacial score (nSPS) is 10.6. The molecule has 112 valence electrons. The molecule has 0 fully saturated rings. The highest BCUT2D eigenvalue weighted by molar-refractivity contribution is 5.63. The zero-order valence-corrected chi connectivity index (χ0v) is 12.6. The predicted molar refractivity (Wildman–Crippen MR) is 84.4 cm³/mol. The van der Waals surface area contributed by atoms with Gasteiger partial charge in [0.25, 0.3) is 5.69 Å². The number of hydrogen-bond acceptors (Lipinski definition) is 4. The van der Waals surface area contributed by atoms with E-state index in [-0.39, 0.29) is 10.6 Å². The van der Waals surface area contributed by atoms with E-state index in [2.05, 4.69) is 31.4 Å². The first-order valence-corrected chi connectivity index (χ1v) is 7.37. The van der Waals surface area contributed by atoms with E-state index in [1.54, 1.807) is 12.1 Å². The van der Waals surface area contributed by atoms with E-state index in [9.17, 15) is 10.1 Å². The van der Waals surface area contributed by atoms with Crippen LogP contribution in [0.2, 0.25) is 0 Å². The van der Waals surface area contributed by atoms with Crippen molar-refractivity contribution in [1.82, 2.24) is 0 Å². The third-order valence-corrected chi connectivity index (χ3v) is 3.46. The van der Waals surface area contributed by atoms with E-state index in [0.29, 0.717) is 5.92 Å². The number of nitro benzene ring substituents is 1. The lowest BCUT2D eigenvalue weighted by atomic mass is 10.0. The summed E-state index contributed by atoms with van der Waals surface area (Å²) >= 11 is 0. The summed E-state index contributed by atoms with van der Waals surface area (Å²) in [4.78, 5) is 10.6. The molecular formula is C15H25N3O2. The van der Waals surface area contributed by atoms with Crippen molar-refractivity contribution in [3.8, 4) is 0 Å². The Kier molecular flexibility index (Phi) is 6.84. The van der Waals surface area contributed by atoms with E-state index in [4.69, 9.17) is 0 Å². The molecule has 0 aliphatic rings. The van der Waals surface area contributed by atoms with Crippen molar-refractivity contribution < 1.29 is 4.92 Å². The van der Waals surface area contributed by atoms with Crippen molar-refractivity contribution in [2.45, 2.75) is 40.0 Å².